The summed E-state index contributed by atoms with van der Waals surface area (Å²) in [4.78, 5) is 8.64. The lowest BCUT2D eigenvalue weighted by Crippen LogP contribution is -2.12. The van der Waals surface area contributed by atoms with Gasteiger partial charge in [-0.15, -0.1) is 0 Å². The highest BCUT2D eigenvalue weighted by Crippen LogP contribution is 2.33. The van der Waals surface area contributed by atoms with Crippen LogP contribution in [-0.4, -0.2) is 30.6 Å². The number of fused-ring (bicyclic) bond motifs is 3. The van der Waals surface area contributed by atoms with Gasteiger partial charge in [0, 0.05) is 17.8 Å². The largest absolute Gasteiger partial charge is 0.504 e. The first-order valence-electron chi connectivity index (χ1n) is 9.79. The van der Waals surface area contributed by atoms with E-state index in [4.69, 9.17) is 9.15 Å². The van der Waals surface area contributed by atoms with E-state index in [2.05, 4.69) is 20.0 Å². The predicted octanol–water partition coefficient (Wildman–Crippen LogP) is 4.56. The van der Waals surface area contributed by atoms with Crippen LogP contribution in [0.3, 0.4) is 0 Å². The van der Waals surface area contributed by atoms with Crippen LogP contribution < -0.4 is 14.8 Å². The van der Waals surface area contributed by atoms with E-state index in [1.54, 1.807) is 36.4 Å². The third-order valence-electron chi connectivity index (χ3n) is 5.03. The Bertz CT molecular complexity index is 1560. The molecular formula is C22H18N4O5S2. The molecule has 0 atom stereocenters. The molecule has 5 rings (SSSR count). The summed E-state index contributed by atoms with van der Waals surface area (Å²) in [5, 5.41) is 13.6. The Morgan fingerprint density at radius 3 is 2.70 bits per heavy atom. The first-order valence-corrected chi connectivity index (χ1v) is 12.1. The van der Waals surface area contributed by atoms with Crippen molar-refractivity contribution in [1.29, 1.82) is 0 Å². The van der Waals surface area contributed by atoms with E-state index in [-0.39, 0.29) is 15.8 Å². The predicted molar refractivity (Wildman–Crippen MR) is 126 cm³/mol. The fraction of sp³-hybridized carbons (Fsp3) is 0.0909. The van der Waals surface area contributed by atoms with Gasteiger partial charge in [-0.2, -0.15) is 0 Å². The van der Waals surface area contributed by atoms with Gasteiger partial charge in [-0.05, 0) is 42.5 Å². The van der Waals surface area contributed by atoms with Crippen LogP contribution in [0.5, 0.6) is 11.5 Å². The lowest BCUT2D eigenvalue weighted by Gasteiger charge is -2.11. The zero-order valence-electron chi connectivity index (χ0n) is 17.3. The number of oxazole rings is 1. The number of rotatable bonds is 7. The van der Waals surface area contributed by atoms with E-state index >= 15 is 0 Å². The molecule has 0 spiro atoms. The number of nitrogens with zero attached hydrogens (tertiary/aromatic N) is 2. The van der Waals surface area contributed by atoms with Crippen molar-refractivity contribution in [3.8, 4) is 11.5 Å². The molecule has 2 aromatic heterocycles. The molecule has 0 fully saturated rings. The van der Waals surface area contributed by atoms with Crippen LogP contribution in [0.1, 0.15) is 5.56 Å². The Balaban J connectivity index is 1.31. The standard InChI is InChI=1S/C22H18N4O5S2/c1-30-17-4-2-3-13(21(17)27)11-23-14-5-7-15(8-6-14)33(28,29)26-22-25-20-18(32-22)10-9-16-19(20)24-12-31-16/h2-10,12,23,27H,11H2,1H3,(H,25,26). The molecule has 0 aliphatic rings. The second kappa shape index (κ2) is 8.26. The number of phenolic OH excluding ortho intramolecular Hbond substituents is 1. The van der Waals surface area contributed by atoms with Crippen LogP contribution in [0.2, 0.25) is 0 Å². The topological polar surface area (TPSA) is 127 Å². The Hall–Kier alpha value is -3.83. The molecule has 33 heavy (non-hydrogen) atoms. The maximum absolute atomic E-state index is 12.9. The number of ether oxygens (including phenoxy) is 1. The van der Waals surface area contributed by atoms with Gasteiger partial charge in [-0.25, -0.2) is 18.4 Å². The molecule has 0 aliphatic carbocycles. The van der Waals surface area contributed by atoms with Crippen LogP contribution in [-0.2, 0) is 16.6 Å². The molecule has 5 aromatic rings. The molecule has 3 N–H and O–H groups in total. The van der Waals surface area contributed by atoms with Gasteiger partial charge in [0.05, 0.1) is 16.7 Å². The minimum absolute atomic E-state index is 0.0645. The lowest BCUT2D eigenvalue weighted by molar-refractivity contribution is 0.371. The zero-order valence-corrected chi connectivity index (χ0v) is 18.9. The maximum atomic E-state index is 12.9. The summed E-state index contributed by atoms with van der Waals surface area (Å²) in [6, 6.07) is 15.1. The van der Waals surface area contributed by atoms with Crippen LogP contribution in [0.15, 0.2) is 70.3 Å². The number of sulfonamides is 1. The third-order valence-corrected chi connectivity index (χ3v) is 7.45. The molecule has 0 amide bonds. The number of phenols is 1. The monoisotopic (exact) mass is 482 g/mol. The molecule has 0 aliphatic heterocycles. The molecule has 0 unspecified atom stereocenters. The van der Waals surface area contributed by atoms with Crippen molar-refractivity contribution in [2.75, 3.05) is 17.1 Å². The Kier molecular flexibility index (Phi) is 5.27. The Morgan fingerprint density at radius 2 is 1.91 bits per heavy atom. The van der Waals surface area contributed by atoms with Crippen LogP contribution in [0, 0.1) is 0 Å². The number of hydrogen-bond donors (Lipinski definition) is 3. The molecule has 0 radical (unpaired) electrons. The summed E-state index contributed by atoms with van der Waals surface area (Å²) >= 11 is 1.22. The number of aromatic nitrogens is 2. The lowest BCUT2D eigenvalue weighted by atomic mass is 10.2. The van der Waals surface area contributed by atoms with Crippen molar-refractivity contribution in [2.24, 2.45) is 0 Å². The SMILES string of the molecule is COc1cccc(CNc2ccc(S(=O)(=O)Nc3nc4c(ccc5ocnc54)s3)cc2)c1O. The number of para-hydroxylation sites is 1. The van der Waals surface area contributed by atoms with Gasteiger partial charge in [0.25, 0.3) is 10.0 Å². The summed E-state index contributed by atoms with van der Waals surface area (Å²) in [6.07, 6.45) is 1.33. The van der Waals surface area contributed by atoms with Crippen LogP contribution in [0.25, 0.3) is 21.3 Å². The highest BCUT2D eigenvalue weighted by molar-refractivity contribution is 7.93. The first kappa shape index (κ1) is 21.0. The van der Waals surface area contributed by atoms with E-state index < -0.39 is 10.0 Å². The molecule has 2 heterocycles. The van der Waals surface area contributed by atoms with Gasteiger partial charge in [-0.1, -0.05) is 23.5 Å². The number of methoxy groups -OCH3 is 1. The molecule has 3 aromatic carbocycles. The second-order valence-electron chi connectivity index (χ2n) is 7.08. The quantitative estimate of drug-likeness (QED) is 0.308. The van der Waals surface area contributed by atoms with Crippen molar-refractivity contribution < 1.29 is 22.7 Å². The van der Waals surface area contributed by atoms with Gasteiger partial charge in [-0.3, -0.25) is 4.72 Å². The van der Waals surface area contributed by atoms with Gasteiger partial charge in [0.2, 0.25) is 0 Å². The maximum Gasteiger partial charge on any atom is 0.263 e. The van der Waals surface area contributed by atoms with E-state index in [1.165, 1.54) is 37.0 Å². The fourth-order valence-electron chi connectivity index (χ4n) is 3.36. The fourth-order valence-corrected chi connectivity index (χ4v) is 5.46. The Morgan fingerprint density at radius 1 is 1.09 bits per heavy atom. The number of thiazole rings is 1. The van der Waals surface area contributed by atoms with Crippen molar-refractivity contribution in [2.45, 2.75) is 11.4 Å². The summed E-state index contributed by atoms with van der Waals surface area (Å²) in [5.41, 5.74) is 3.12. The van der Waals surface area contributed by atoms with Gasteiger partial charge in [0.1, 0.15) is 11.0 Å². The van der Waals surface area contributed by atoms with E-state index in [1.807, 2.05) is 6.07 Å². The molecule has 0 saturated heterocycles. The zero-order chi connectivity index (χ0) is 23.0. The third kappa shape index (κ3) is 4.03. The number of anilines is 2. The molecule has 0 saturated carbocycles. The molecule has 168 valence electrons. The Labute approximate surface area is 192 Å². The average Bonchev–Trinajstić information content (AvgIpc) is 3.44. The molecule has 11 heteroatoms. The molecule has 9 nitrogen and oxygen atoms in total. The van der Waals surface area contributed by atoms with Crippen LogP contribution >= 0.6 is 11.3 Å². The number of aromatic hydroxyl groups is 1. The average molecular weight is 483 g/mol. The number of nitrogens with one attached hydrogen (secondary N) is 2. The second-order valence-corrected chi connectivity index (χ2v) is 9.79. The van der Waals surface area contributed by atoms with E-state index in [0.29, 0.717) is 40.2 Å². The molecule has 0 bridgehead atoms. The summed E-state index contributed by atoms with van der Waals surface area (Å²) in [5.74, 6) is 0.454. The highest BCUT2D eigenvalue weighted by Gasteiger charge is 2.18. The molecular weight excluding hydrogens is 464 g/mol. The van der Waals surface area contributed by atoms with E-state index in [0.717, 1.165) is 4.70 Å². The van der Waals surface area contributed by atoms with Gasteiger partial charge in [0.15, 0.2) is 28.6 Å². The first-order chi connectivity index (χ1) is 15.9. The summed E-state index contributed by atoms with van der Waals surface area (Å²) < 4.78 is 39.4. The van der Waals surface area contributed by atoms with Gasteiger partial charge >= 0.3 is 0 Å². The van der Waals surface area contributed by atoms with Crippen molar-refractivity contribution >= 4 is 53.5 Å². The normalized spacial score (nSPS) is 11.7. The van der Waals surface area contributed by atoms with Crippen molar-refractivity contribution in [3.05, 3.63) is 66.6 Å². The highest BCUT2D eigenvalue weighted by atomic mass is 32.2. The smallest absolute Gasteiger partial charge is 0.263 e. The van der Waals surface area contributed by atoms with Gasteiger partial charge < -0.3 is 19.6 Å². The minimum Gasteiger partial charge on any atom is -0.504 e. The number of hydrogen-bond acceptors (Lipinski definition) is 9. The van der Waals surface area contributed by atoms with Crippen LogP contribution in [0.4, 0.5) is 10.8 Å². The minimum atomic E-state index is -3.83. The van der Waals surface area contributed by atoms with E-state index in [9.17, 15) is 13.5 Å². The van der Waals surface area contributed by atoms with Crippen molar-refractivity contribution in [1.82, 2.24) is 9.97 Å². The summed E-state index contributed by atoms with van der Waals surface area (Å²) in [6.45, 7) is 0.343. The summed E-state index contributed by atoms with van der Waals surface area (Å²) in [7, 11) is -2.34. The number of benzene rings is 3. The van der Waals surface area contributed by atoms with Crippen molar-refractivity contribution in [3.63, 3.8) is 0 Å².